The summed E-state index contributed by atoms with van der Waals surface area (Å²) in [5, 5.41) is 0. The van der Waals surface area contributed by atoms with Crippen LogP contribution in [0, 0.1) is 11.6 Å². The van der Waals surface area contributed by atoms with Gasteiger partial charge in [-0.1, -0.05) is 0 Å². The van der Waals surface area contributed by atoms with Gasteiger partial charge in [-0.25, -0.2) is 21.9 Å². The Morgan fingerprint density at radius 3 is 2.50 bits per heavy atom. The Labute approximate surface area is 92.5 Å². The van der Waals surface area contributed by atoms with Crippen molar-refractivity contribution in [2.24, 2.45) is 5.73 Å². The lowest BCUT2D eigenvalue weighted by Crippen LogP contribution is -2.37. The fraction of sp³-hybridized carbons (Fsp3) is 0.333. The summed E-state index contributed by atoms with van der Waals surface area (Å²) in [6, 6.07) is 1.90. The largest absolute Gasteiger partial charge is 0.329 e. The molecule has 0 bridgehead atoms. The maximum atomic E-state index is 12.8. The van der Waals surface area contributed by atoms with Crippen LogP contribution in [0.3, 0.4) is 0 Å². The molecule has 0 saturated carbocycles. The van der Waals surface area contributed by atoms with Gasteiger partial charge < -0.3 is 5.73 Å². The highest BCUT2D eigenvalue weighted by atomic mass is 32.2. The molecule has 4 nitrogen and oxygen atoms in total. The maximum absolute atomic E-state index is 12.8. The average Bonchev–Trinajstić information content (AvgIpc) is 2.21. The topological polar surface area (TPSA) is 72.2 Å². The number of hydrogen-bond donors (Lipinski definition) is 2. The van der Waals surface area contributed by atoms with E-state index in [1.54, 1.807) is 6.92 Å². The van der Waals surface area contributed by atoms with Gasteiger partial charge in [0.15, 0.2) is 11.6 Å². The van der Waals surface area contributed by atoms with Gasteiger partial charge in [-0.2, -0.15) is 0 Å². The van der Waals surface area contributed by atoms with E-state index in [0.717, 1.165) is 12.1 Å². The summed E-state index contributed by atoms with van der Waals surface area (Å²) < 4.78 is 50.9. The SMILES string of the molecule is C[C@H](CN)NS(=O)(=O)c1ccc(F)c(F)c1. The highest BCUT2D eigenvalue weighted by Gasteiger charge is 2.18. The van der Waals surface area contributed by atoms with Crippen LogP contribution in [0.4, 0.5) is 8.78 Å². The molecule has 0 fully saturated rings. The number of nitrogens with two attached hydrogens (primary N) is 1. The second-order valence-corrected chi connectivity index (χ2v) is 5.05. The molecule has 16 heavy (non-hydrogen) atoms. The van der Waals surface area contributed by atoms with Crippen molar-refractivity contribution in [1.82, 2.24) is 4.72 Å². The molecular formula is C9H12F2N2O2S. The van der Waals surface area contributed by atoms with Crippen molar-refractivity contribution in [3.05, 3.63) is 29.8 Å². The average molecular weight is 250 g/mol. The molecule has 0 saturated heterocycles. The van der Waals surface area contributed by atoms with Gasteiger partial charge in [0.2, 0.25) is 10.0 Å². The zero-order valence-electron chi connectivity index (χ0n) is 8.57. The fourth-order valence-electron chi connectivity index (χ4n) is 1.03. The summed E-state index contributed by atoms with van der Waals surface area (Å²) >= 11 is 0. The summed E-state index contributed by atoms with van der Waals surface area (Å²) in [5.41, 5.74) is 5.25. The van der Waals surface area contributed by atoms with E-state index in [2.05, 4.69) is 4.72 Å². The number of halogens is 2. The van der Waals surface area contributed by atoms with Crippen molar-refractivity contribution >= 4 is 10.0 Å². The standard InChI is InChI=1S/C9H12F2N2O2S/c1-6(5-12)13-16(14,15)7-2-3-8(10)9(11)4-7/h2-4,6,13H,5,12H2,1H3/t6-/m1/s1. The van der Waals surface area contributed by atoms with E-state index >= 15 is 0 Å². The lowest BCUT2D eigenvalue weighted by Gasteiger charge is -2.11. The minimum absolute atomic E-state index is 0.114. The smallest absolute Gasteiger partial charge is 0.240 e. The molecule has 0 heterocycles. The van der Waals surface area contributed by atoms with Gasteiger partial charge in [0.05, 0.1) is 4.90 Å². The Morgan fingerprint density at radius 2 is 2.00 bits per heavy atom. The molecule has 0 aromatic heterocycles. The van der Waals surface area contributed by atoms with Crippen LogP contribution >= 0.6 is 0 Å². The van der Waals surface area contributed by atoms with Crippen LogP contribution in [0.5, 0.6) is 0 Å². The van der Waals surface area contributed by atoms with Crippen LogP contribution in [0.25, 0.3) is 0 Å². The van der Waals surface area contributed by atoms with Crippen molar-refractivity contribution < 1.29 is 17.2 Å². The maximum Gasteiger partial charge on any atom is 0.240 e. The Balaban J connectivity index is 3.03. The highest BCUT2D eigenvalue weighted by molar-refractivity contribution is 7.89. The molecule has 1 atom stereocenters. The molecule has 1 aromatic rings. The van der Waals surface area contributed by atoms with Crippen LogP contribution in [0.1, 0.15) is 6.92 Å². The lowest BCUT2D eigenvalue weighted by atomic mass is 10.3. The van der Waals surface area contributed by atoms with E-state index < -0.39 is 27.7 Å². The molecule has 0 unspecified atom stereocenters. The van der Waals surface area contributed by atoms with Crippen molar-refractivity contribution in [3.8, 4) is 0 Å². The molecule has 0 radical (unpaired) electrons. The monoisotopic (exact) mass is 250 g/mol. The van der Waals surface area contributed by atoms with E-state index in [1.165, 1.54) is 0 Å². The predicted molar refractivity (Wildman–Crippen MR) is 55.2 cm³/mol. The normalized spacial score (nSPS) is 13.8. The van der Waals surface area contributed by atoms with Crippen molar-refractivity contribution in [2.45, 2.75) is 17.9 Å². The first kappa shape index (κ1) is 13.0. The number of hydrogen-bond acceptors (Lipinski definition) is 3. The van der Waals surface area contributed by atoms with Crippen LogP contribution in [-0.4, -0.2) is 21.0 Å². The zero-order valence-corrected chi connectivity index (χ0v) is 9.39. The number of rotatable bonds is 4. The minimum atomic E-state index is -3.85. The molecule has 1 aromatic carbocycles. The highest BCUT2D eigenvalue weighted by Crippen LogP contribution is 2.13. The van der Waals surface area contributed by atoms with Crippen molar-refractivity contribution in [2.75, 3.05) is 6.54 Å². The van der Waals surface area contributed by atoms with Gasteiger partial charge in [-0.05, 0) is 25.1 Å². The zero-order chi connectivity index (χ0) is 12.3. The molecule has 0 aliphatic rings. The van der Waals surface area contributed by atoms with Crippen LogP contribution in [-0.2, 0) is 10.0 Å². The summed E-state index contributed by atoms with van der Waals surface area (Å²) in [5.74, 6) is -2.30. The summed E-state index contributed by atoms with van der Waals surface area (Å²) in [6.45, 7) is 1.68. The summed E-state index contributed by atoms with van der Waals surface area (Å²) in [4.78, 5) is -0.327. The number of benzene rings is 1. The molecule has 0 aliphatic heterocycles. The second kappa shape index (κ2) is 4.86. The molecule has 0 aliphatic carbocycles. The third-order valence-electron chi connectivity index (χ3n) is 1.91. The Bertz CT molecular complexity index is 476. The summed E-state index contributed by atoms with van der Waals surface area (Å²) in [7, 11) is -3.85. The Morgan fingerprint density at radius 1 is 1.38 bits per heavy atom. The van der Waals surface area contributed by atoms with Crippen LogP contribution < -0.4 is 10.5 Å². The lowest BCUT2D eigenvalue weighted by molar-refractivity contribution is 0.503. The fourth-order valence-corrected chi connectivity index (χ4v) is 2.29. The third kappa shape index (κ3) is 2.97. The van der Waals surface area contributed by atoms with Gasteiger partial charge in [0.25, 0.3) is 0 Å². The van der Waals surface area contributed by atoms with Crippen molar-refractivity contribution in [3.63, 3.8) is 0 Å². The molecular weight excluding hydrogens is 238 g/mol. The molecule has 3 N–H and O–H groups in total. The Hall–Kier alpha value is -1.05. The molecule has 0 amide bonds. The van der Waals surface area contributed by atoms with Crippen LogP contribution in [0.2, 0.25) is 0 Å². The quantitative estimate of drug-likeness (QED) is 0.821. The van der Waals surface area contributed by atoms with Gasteiger partial charge in [-0.3, -0.25) is 0 Å². The molecule has 0 spiro atoms. The van der Waals surface area contributed by atoms with Gasteiger partial charge in [0.1, 0.15) is 0 Å². The number of sulfonamides is 1. The molecule has 90 valence electrons. The second-order valence-electron chi connectivity index (χ2n) is 3.33. The van der Waals surface area contributed by atoms with E-state index in [1.807, 2.05) is 0 Å². The molecule has 7 heteroatoms. The van der Waals surface area contributed by atoms with Gasteiger partial charge >= 0.3 is 0 Å². The van der Waals surface area contributed by atoms with E-state index in [9.17, 15) is 17.2 Å². The van der Waals surface area contributed by atoms with E-state index in [0.29, 0.717) is 6.07 Å². The Kier molecular flexibility index (Phi) is 3.95. The first-order valence-electron chi connectivity index (χ1n) is 4.54. The van der Waals surface area contributed by atoms with E-state index in [-0.39, 0.29) is 11.4 Å². The molecule has 1 rings (SSSR count). The summed E-state index contributed by atoms with van der Waals surface area (Å²) in [6.07, 6.45) is 0. The first-order valence-corrected chi connectivity index (χ1v) is 6.02. The number of nitrogens with one attached hydrogen (secondary N) is 1. The first-order chi connectivity index (χ1) is 7.36. The van der Waals surface area contributed by atoms with Gasteiger partial charge in [-0.15, -0.1) is 0 Å². The van der Waals surface area contributed by atoms with Crippen molar-refractivity contribution in [1.29, 1.82) is 0 Å². The van der Waals surface area contributed by atoms with Crippen LogP contribution in [0.15, 0.2) is 23.1 Å². The van der Waals surface area contributed by atoms with Gasteiger partial charge in [0, 0.05) is 12.6 Å². The predicted octanol–water partition coefficient (Wildman–Crippen LogP) is 0.590. The van der Waals surface area contributed by atoms with E-state index in [4.69, 9.17) is 5.73 Å². The third-order valence-corrected chi connectivity index (χ3v) is 3.50. The minimum Gasteiger partial charge on any atom is -0.329 e.